The Morgan fingerprint density at radius 2 is 1.81 bits per heavy atom. The molecular weight excluding hydrogens is 340 g/mol. The van der Waals surface area contributed by atoms with Crippen LogP contribution in [0.4, 0.5) is 5.00 Å². The Morgan fingerprint density at radius 1 is 1.12 bits per heavy atom. The highest BCUT2D eigenvalue weighted by molar-refractivity contribution is 7.17. The molecule has 26 heavy (non-hydrogen) atoms. The number of rotatable bonds is 9. The van der Waals surface area contributed by atoms with Gasteiger partial charge in [0.15, 0.2) is 0 Å². The normalized spacial score (nSPS) is 10.5. The summed E-state index contributed by atoms with van der Waals surface area (Å²) < 4.78 is 0. The lowest BCUT2D eigenvalue weighted by Crippen LogP contribution is -2.10. The van der Waals surface area contributed by atoms with Crippen LogP contribution in [0, 0.1) is 18.3 Å². The van der Waals surface area contributed by atoms with E-state index in [0.29, 0.717) is 17.0 Å². The number of nitriles is 1. The van der Waals surface area contributed by atoms with Gasteiger partial charge in [0, 0.05) is 16.9 Å². The highest BCUT2D eigenvalue weighted by atomic mass is 32.1. The second-order valence-corrected chi connectivity index (χ2v) is 7.84. The Bertz CT molecular complexity index is 769. The predicted octanol–water partition coefficient (Wildman–Crippen LogP) is 6.46. The first kappa shape index (κ1) is 20.2. The number of hydrogen-bond donors (Lipinski definition) is 1. The third-order valence-electron chi connectivity index (χ3n) is 4.61. The van der Waals surface area contributed by atoms with Crippen LogP contribution in [0.2, 0.25) is 0 Å². The van der Waals surface area contributed by atoms with Crippen molar-refractivity contribution in [1.82, 2.24) is 0 Å². The Hall–Kier alpha value is -2.12. The summed E-state index contributed by atoms with van der Waals surface area (Å²) in [5.41, 5.74) is 3.83. The fourth-order valence-electron chi connectivity index (χ4n) is 3.07. The minimum atomic E-state index is 0.00660. The summed E-state index contributed by atoms with van der Waals surface area (Å²) in [5, 5.41) is 13.3. The Kier molecular flexibility index (Phi) is 7.87. The highest BCUT2D eigenvalue weighted by Crippen LogP contribution is 2.39. The van der Waals surface area contributed by atoms with Gasteiger partial charge in [-0.05, 0) is 30.9 Å². The molecule has 0 aliphatic rings. The van der Waals surface area contributed by atoms with E-state index < -0.39 is 0 Å². The number of carbonyl (C=O) groups excluding carboxylic acids is 1. The van der Waals surface area contributed by atoms with E-state index in [0.717, 1.165) is 35.3 Å². The fourth-order valence-corrected chi connectivity index (χ4v) is 4.12. The maximum atomic E-state index is 12.2. The van der Waals surface area contributed by atoms with Crippen molar-refractivity contribution in [2.75, 3.05) is 5.32 Å². The maximum absolute atomic E-state index is 12.2. The van der Waals surface area contributed by atoms with Crippen LogP contribution in [0.3, 0.4) is 0 Å². The monoisotopic (exact) mass is 368 g/mol. The molecule has 0 aliphatic heterocycles. The lowest BCUT2D eigenvalue weighted by Gasteiger charge is -2.05. The summed E-state index contributed by atoms with van der Waals surface area (Å²) in [7, 11) is 0. The first-order valence-corrected chi connectivity index (χ1v) is 10.3. The first-order chi connectivity index (χ1) is 12.6. The summed E-state index contributed by atoms with van der Waals surface area (Å²) in [6, 6.07) is 10.6. The van der Waals surface area contributed by atoms with Crippen LogP contribution in [0.25, 0.3) is 11.1 Å². The molecule has 1 aromatic carbocycles. The number of hydrogen-bond acceptors (Lipinski definition) is 3. The van der Waals surface area contributed by atoms with Gasteiger partial charge in [-0.25, -0.2) is 0 Å². The number of amides is 1. The molecule has 0 atom stereocenters. The van der Waals surface area contributed by atoms with Crippen molar-refractivity contribution in [2.24, 2.45) is 0 Å². The molecule has 0 bridgehead atoms. The van der Waals surface area contributed by atoms with Crippen molar-refractivity contribution in [3.8, 4) is 17.2 Å². The molecule has 0 radical (unpaired) electrons. The molecule has 0 aliphatic carbocycles. The van der Waals surface area contributed by atoms with Gasteiger partial charge in [-0.3, -0.25) is 4.79 Å². The minimum absolute atomic E-state index is 0.00660. The Morgan fingerprint density at radius 3 is 2.42 bits per heavy atom. The average Bonchev–Trinajstić information content (AvgIpc) is 2.96. The van der Waals surface area contributed by atoms with Crippen molar-refractivity contribution in [1.29, 1.82) is 5.26 Å². The van der Waals surface area contributed by atoms with E-state index in [1.165, 1.54) is 36.2 Å². The molecule has 4 heteroatoms. The number of nitrogens with zero attached hydrogens (tertiary/aromatic N) is 1. The summed E-state index contributed by atoms with van der Waals surface area (Å²) in [6.07, 6.45) is 7.12. The second kappa shape index (κ2) is 10.1. The van der Waals surface area contributed by atoms with Crippen LogP contribution < -0.4 is 5.32 Å². The Labute approximate surface area is 161 Å². The minimum Gasteiger partial charge on any atom is -0.317 e. The molecule has 2 rings (SSSR count). The molecule has 0 spiro atoms. The number of thiophene rings is 1. The van der Waals surface area contributed by atoms with E-state index >= 15 is 0 Å². The number of unbranched alkanes of at least 4 members (excludes halogenated alkanes) is 4. The van der Waals surface area contributed by atoms with Crippen LogP contribution in [0.1, 0.15) is 68.4 Å². The molecule has 1 amide bonds. The smallest absolute Gasteiger partial charge is 0.225 e. The van der Waals surface area contributed by atoms with E-state index in [4.69, 9.17) is 0 Å². The van der Waals surface area contributed by atoms with Crippen molar-refractivity contribution >= 4 is 22.2 Å². The van der Waals surface area contributed by atoms with Gasteiger partial charge in [0.1, 0.15) is 11.1 Å². The van der Waals surface area contributed by atoms with E-state index in [2.05, 4.69) is 49.5 Å². The zero-order chi connectivity index (χ0) is 18.9. The van der Waals surface area contributed by atoms with Gasteiger partial charge in [0.2, 0.25) is 5.91 Å². The van der Waals surface area contributed by atoms with Gasteiger partial charge in [0.05, 0.1) is 5.56 Å². The highest BCUT2D eigenvalue weighted by Gasteiger charge is 2.18. The molecular formula is C22H28N2OS. The average molecular weight is 369 g/mol. The van der Waals surface area contributed by atoms with Crippen LogP contribution in [0.15, 0.2) is 24.3 Å². The van der Waals surface area contributed by atoms with Crippen molar-refractivity contribution in [3.63, 3.8) is 0 Å². The second-order valence-electron chi connectivity index (χ2n) is 6.61. The van der Waals surface area contributed by atoms with Crippen LogP contribution >= 0.6 is 11.3 Å². The molecule has 138 valence electrons. The number of benzene rings is 1. The predicted molar refractivity (Wildman–Crippen MR) is 111 cm³/mol. The van der Waals surface area contributed by atoms with E-state index in [-0.39, 0.29) is 5.91 Å². The maximum Gasteiger partial charge on any atom is 0.225 e. The summed E-state index contributed by atoms with van der Waals surface area (Å²) in [6.45, 7) is 6.32. The van der Waals surface area contributed by atoms with Crippen molar-refractivity contribution in [3.05, 3.63) is 40.3 Å². The largest absolute Gasteiger partial charge is 0.317 e. The summed E-state index contributed by atoms with van der Waals surface area (Å²) >= 11 is 1.49. The van der Waals surface area contributed by atoms with Gasteiger partial charge in [-0.15, -0.1) is 11.3 Å². The molecule has 0 saturated heterocycles. The standard InChI is InChI=1S/C22H28N2OS/c1-4-6-7-8-9-10-20(25)24-22-19(15-23)21(16(3)26-22)18-13-11-17(5-2)12-14-18/h11-14H,4-10H2,1-3H3,(H,24,25). The van der Waals surface area contributed by atoms with Crippen molar-refractivity contribution < 1.29 is 4.79 Å². The lowest BCUT2D eigenvalue weighted by molar-refractivity contribution is -0.116. The van der Waals surface area contributed by atoms with Gasteiger partial charge >= 0.3 is 0 Å². The molecule has 1 aromatic heterocycles. The van der Waals surface area contributed by atoms with Crippen LogP contribution in [0.5, 0.6) is 0 Å². The van der Waals surface area contributed by atoms with Gasteiger partial charge in [-0.2, -0.15) is 5.26 Å². The van der Waals surface area contributed by atoms with Crippen LogP contribution in [-0.2, 0) is 11.2 Å². The molecule has 1 heterocycles. The quantitative estimate of drug-likeness (QED) is 0.517. The molecule has 0 fully saturated rings. The van der Waals surface area contributed by atoms with Gasteiger partial charge < -0.3 is 5.32 Å². The van der Waals surface area contributed by atoms with E-state index in [1.807, 2.05) is 6.92 Å². The third-order valence-corrected chi connectivity index (χ3v) is 5.63. The zero-order valence-corrected chi connectivity index (χ0v) is 16.8. The molecule has 0 saturated carbocycles. The summed E-state index contributed by atoms with van der Waals surface area (Å²) in [5.74, 6) is 0.00660. The number of anilines is 1. The summed E-state index contributed by atoms with van der Waals surface area (Å²) in [4.78, 5) is 13.3. The van der Waals surface area contributed by atoms with E-state index in [9.17, 15) is 10.1 Å². The van der Waals surface area contributed by atoms with Crippen LogP contribution in [-0.4, -0.2) is 5.91 Å². The fraction of sp³-hybridized carbons (Fsp3) is 0.455. The Balaban J connectivity index is 2.10. The van der Waals surface area contributed by atoms with Gasteiger partial charge in [-0.1, -0.05) is 63.8 Å². The lowest BCUT2D eigenvalue weighted by atomic mass is 10.00. The van der Waals surface area contributed by atoms with Gasteiger partial charge in [0.25, 0.3) is 0 Å². The number of aryl methyl sites for hydroxylation is 2. The number of nitrogens with one attached hydrogen (secondary N) is 1. The third kappa shape index (κ3) is 5.19. The molecule has 2 aromatic rings. The SMILES string of the molecule is CCCCCCCC(=O)Nc1sc(C)c(-c2ccc(CC)cc2)c1C#N. The van der Waals surface area contributed by atoms with Crippen molar-refractivity contribution in [2.45, 2.75) is 65.7 Å². The molecule has 3 nitrogen and oxygen atoms in total. The topological polar surface area (TPSA) is 52.9 Å². The molecule has 1 N–H and O–H groups in total. The van der Waals surface area contributed by atoms with E-state index in [1.54, 1.807) is 0 Å². The zero-order valence-electron chi connectivity index (χ0n) is 16.0. The number of carbonyl (C=O) groups is 1. The molecule has 0 unspecified atom stereocenters. The first-order valence-electron chi connectivity index (χ1n) is 9.53.